The summed E-state index contributed by atoms with van der Waals surface area (Å²) >= 11 is 14.4. The first-order valence-corrected chi connectivity index (χ1v) is 11.6. The van der Waals surface area contributed by atoms with Crippen LogP contribution in [0.2, 0.25) is 0 Å². The monoisotopic (exact) mass is 591 g/mol. The third-order valence-corrected chi connectivity index (χ3v) is 5.19. The van der Waals surface area contributed by atoms with Crippen LogP contribution in [-0.2, 0) is 19.1 Å². The molecule has 0 radical (unpaired) electrons. The van der Waals surface area contributed by atoms with Crippen LogP contribution in [0.25, 0.3) is 0 Å². The molecule has 0 aliphatic carbocycles. The Morgan fingerprint density at radius 3 is 1.21 bits per heavy atom. The molecule has 0 saturated carbocycles. The Morgan fingerprint density at radius 2 is 0.947 bits per heavy atom. The Bertz CT molecular complexity index is 1130. The van der Waals surface area contributed by atoms with Crippen LogP contribution in [0.5, 0.6) is 0 Å². The van der Waals surface area contributed by atoms with Gasteiger partial charge in [0.05, 0.1) is 30.9 Å². The van der Waals surface area contributed by atoms with Crippen molar-refractivity contribution in [2.24, 2.45) is 0 Å². The number of halogens is 3. The number of ether oxygens (including phenoxy) is 2. The summed E-state index contributed by atoms with van der Waals surface area (Å²) in [6.07, 6.45) is 0. The van der Waals surface area contributed by atoms with E-state index in [1.54, 1.807) is 46.8 Å². The summed E-state index contributed by atoms with van der Waals surface area (Å²) in [5.74, 6) is -2.03. The number of carboxylic acid groups (broad SMARTS) is 1. The van der Waals surface area contributed by atoms with Crippen molar-refractivity contribution in [2.75, 3.05) is 14.2 Å². The number of aryl methyl sites for hydroxylation is 4. The van der Waals surface area contributed by atoms with E-state index in [0.717, 1.165) is 11.1 Å². The molecule has 9 nitrogen and oxygen atoms in total. The van der Waals surface area contributed by atoms with Crippen molar-refractivity contribution in [2.45, 2.75) is 41.5 Å². The lowest BCUT2D eigenvalue weighted by Gasteiger charge is -2.07. The highest BCUT2D eigenvalue weighted by atomic mass is 35.5. The summed E-state index contributed by atoms with van der Waals surface area (Å²) < 4.78 is 15.4. The molecule has 0 aliphatic rings. The van der Waals surface area contributed by atoms with Crippen LogP contribution in [-0.4, -0.2) is 53.0 Å². The average Bonchev–Trinajstić information content (AvgIpc) is 2.84. The standard InChI is InChI=1S/C11H11ClO3.C11H12O4.C2Cl2O2.C2H6/c2*1-6-4-7(2)9(11(14)15-3)5-8(6)10(12)13;3-1(5)2(4)6;1-2/h4-5H,1-3H3;4-5H,1-3H3,(H,12,13);;1-2H3/i;;;1D. The quantitative estimate of drug-likeness (QED) is 0.259. The molecule has 2 aromatic rings. The highest BCUT2D eigenvalue weighted by molar-refractivity contribution is 6.97. The second-order valence-corrected chi connectivity index (χ2v) is 8.10. The van der Waals surface area contributed by atoms with Crippen LogP contribution < -0.4 is 0 Å². The predicted molar refractivity (Wildman–Crippen MR) is 145 cm³/mol. The van der Waals surface area contributed by atoms with Crippen LogP contribution in [0.3, 0.4) is 0 Å². The van der Waals surface area contributed by atoms with E-state index < -0.39 is 33.6 Å². The fourth-order valence-corrected chi connectivity index (χ4v) is 3.01. The number of carbonyl (C=O) groups is 6. The number of esters is 2. The minimum Gasteiger partial charge on any atom is -0.478 e. The molecule has 208 valence electrons. The predicted octanol–water partition coefficient (Wildman–Crippen LogP) is 5.80. The SMILES string of the molecule is COC(=O)c1cc(C(=O)Cl)c(C)cc1C.COC(=O)c1cc(C(=O)O)c(C)cc1C.O=C(Cl)C(=O)Cl.[2H]CC. The van der Waals surface area contributed by atoms with Crippen LogP contribution in [0.15, 0.2) is 24.3 Å². The van der Waals surface area contributed by atoms with Crippen molar-refractivity contribution in [1.29, 1.82) is 0 Å². The van der Waals surface area contributed by atoms with Gasteiger partial charge in [0.1, 0.15) is 0 Å². The van der Waals surface area contributed by atoms with Gasteiger partial charge in [-0.1, -0.05) is 26.0 Å². The van der Waals surface area contributed by atoms with E-state index in [1.807, 2.05) is 0 Å². The maximum absolute atomic E-state index is 11.3. The molecule has 0 atom stereocenters. The molecule has 1 N–H and O–H groups in total. The maximum Gasteiger partial charge on any atom is 0.338 e. The molecule has 0 fully saturated rings. The minimum absolute atomic E-state index is 0.126. The molecule has 0 bridgehead atoms. The van der Waals surface area contributed by atoms with E-state index >= 15 is 0 Å². The highest BCUT2D eigenvalue weighted by Gasteiger charge is 2.16. The van der Waals surface area contributed by atoms with Crippen molar-refractivity contribution in [1.82, 2.24) is 0 Å². The molecule has 0 aliphatic heterocycles. The minimum atomic E-state index is -1.14. The zero-order valence-corrected chi connectivity index (χ0v) is 24.1. The van der Waals surface area contributed by atoms with E-state index in [-0.39, 0.29) is 5.56 Å². The van der Waals surface area contributed by atoms with E-state index in [9.17, 15) is 28.8 Å². The molecular weight excluding hydrogens is 563 g/mol. The van der Waals surface area contributed by atoms with Crippen LogP contribution in [0.1, 0.15) is 78.9 Å². The second-order valence-electron chi connectivity index (χ2n) is 7.07. The highest BCUT2D eigenvalue weighted by Crippen LogP contribution is 2.19. The van der Waals surface area contributed by atoms with E-state index in [2.05, 4.69) is 32.7 Å². The molecule has 0 spiro atoms. The lowest BCUT2D eigenvalue weighted by Crippen LogP contribution is -2.08. The zero-order chi connectivity index (χ0) is 31.0. The lowest BCUT2D eigenvalue weighted by molar-refractivity contribution is -0.127. The number of carbonyl (C=O) groups excluding carboxylic acids is 5. The summed E-state index contributed by atoms with van der Waals surface area (Å²) in [4.78, 5) is 63.4. The number of benzene rings is 2. The van der Waals surface area contributed by atoms with Gasteiger partial charge in [0.2, 0.25) is 0 Å². The maximum atomic E-state index is 11.3. The van der Waals surface area contributed by atoms with Crippen molar-refractivity contribution in [3.05, 3.63) is 68.8 Å². The van der Waals surface area contributed by atoms with Gasteiger partial charge in [0.15, 0.2) is 0 Å². The summed E-state index contributed by atoms with van der Waals surface area (Å²) in [5, 5.41) is 6.03. The van der Waals surface area contributed by atoms with Crippen LogP contribution >= 0.6 is 34.8 Å². The Balaban J connectivity index is 0. The van der Waals surface area contributed by atoms with Crippen LogP contribution in [0.4, 0.5) is 0 Å². The van der Waals surface area contributed by atoms with Gasteiger partial charge in [0.25, 0.3) is 5.24 Å². The van der Waals surface area contributed by atoms with Crippen molar-refractivity contribution in [3.8, 4) is 0 Å². The largest absolute Gasteiger partial charge is 0.478 e. The number of carboxylic acids is 1. The van der Waals surface area contributed by atoms with Gasteiger partial charge in [-0.2, -0.15) is 0 Å². The Hall–Kier alpha value is -3.27. The first-order chi connectivity index (χ1) is 18.0. The molecule has 0 unspecified atom stereocenters. The first-order valence-electron chi connectivity index (χ1n) is 11.2. The van der Waals surface area contributed by atoms with Crippen molar-refractivity contribution >= 4 is 68.4 Å². The van der Waals surface area contributed by atoms with E-state index in [0.29, 0.717) is 34.7 Å². The summed E-state index contributed by atoms with van der Waals surface area (Å²) in [6.45, 7) is 9.27. The summed E-state index contributed by atoms with van der Waals surface area (Å²) in [6, 6.07) is 6.21. The van der Waals surface area contributed by atoms with Gasteiger partial charge in [0, 0.05) is 6.93 Å². The van der Waals surface area contributed by atoms with Gasteiger partial charge in [-0.3, -0.25) is 14.4 Å². The van der Waals surface area contributed by atoms with E-state index in [1.165, 1.54) is 26.4 Å². The molecule has 12 heteroatoms. The Labute approximate surface area is 237 Å². The smallest absolute Gasteiger partial charge is 0.338 e. The molecular formula is C26H29Cl3O9. The third-order valence-electron chi connectivity index (χ3n) is 4.55. The Kier molecular flexibility index (Phi) is 16.5. The third kappa shape index (κ3) is 11.9. The lowest BCUT2D eigenvalue weighted by atomic mass is 10.00. The van der Waals surface area contributed by atoms with Gasteiger partial charge >= 0.3 is 28.4 Å². The Morgan fingerprint density at radius 1 is 0.658 bits per heavy atom. The zero-order valence-electron chi connectivity index (χ0n) is 22.9. The molecule has 0 saturated heterocycles. The number of hydrogen-bond acceptors (Lipinski definition) is 8. The average molecular weight is 593 g/mol. The molecule has 2 aromatic carbocycles. The number of hydrogen-bond donors (Lipinski definition) is 1. The topological polar surface area (TPSA) is 141 Å². The molecule has 38 heavy (non-hydrogen) atoms. The normalized spacial score (nSPS) is 9.47. The fraction of sp³-hybridized carbons (Fsp3) is 0.308. The van der Waals surface area contributed by atoms with Crippen LogP contribution in [0, 0.1) is 27.7 Å². The van der Waals surface area contributed by atoms with Crippen molar-refractivity contribution in [3.63, 3.8) is 0 Å². The van der Waals surface area contributed by atoms with Gasteiger partial charge in [-0.25, -0.2) is 14.4 Å². The van der Waals surface area contributed by atoms with E-state index in [4.69, 9.17) is 18.1 Å². The first kappa shape index (κ1) is 34.7. The van der Waals surface area contributed by atoms with Crippen molar-refractivity contribution < 1.29 is 44.7 Å². The molecule has 0 heterocycles. The number of rotatable bonds is 5. The number of methoxy groups -OCH3 is 2. The van der Waals surface area contributed by atoms with Gasteiger partial charge in [-0.15, -0.1) is 0 Å². The molecule has 0 aromatic heterocycles. The summed E-state index contributed by atoms with van der Waals surface area (Å²) in [5.41, 5.74) is 3.98. The molecule has 0 amide bonds. The second kappa shape index (κ2) is 18.1. The summed E-state index contributed by atoms with van der Waals surface area (Å²) in [7, 11) is 2.56. The van der Waals surface area contributed by atoms with Gasteiger partial charge in [-0.05, 0) is 96.9 Å². The fourth-order valence-electron chi connectivity index (χ4n) is 2.81. The number of aromatic carboxylic acids is 1. The molecule has 2 rings (SSSR count). The van der Waals surface area contributed by atoms with Gasteiger partial charge < -0.3 is 14.6 Å².